The van der Waals surface area contributed by atoms with Crippen LogP contribution in [0.1, 0.15) is 73.3 Å². The number of benzene rings is 3. The van der Waals surface area contributed by atoms with Crippen LogP contribution in [0.5, 0.6) is 11.5 Å². The molecule has 2 aliphatic heterocycles. The molecule has 2 aliphatic rings. The van der Waals surface area contributed by atoms with Gasteiger partial charge in [-0.2, -0.15) is 10.5 Å². The number of carbonyl (C=O) groups excluding carboxylic acids is 6. The molecule has 0 amide bonds. The number of hydrogen-bond donors (Lipinski definition) is 0. The predicted molar refractivity (Wildman–Crippen MR) is 118 cm³/mol. The fourth-order valence-electron chi connectivity index (χ4n) is 3.70. The molecule has 182 valence electrons. The van der Waals surface area contributed by atoms with Gasteiger partial charge >= 0.3 is 35.8 Å². The number of esters is 6. The number of ether oxygens (including phenoxy) is 4. The van der Waals surface area contributed by atoms with E-state index in [4.69, 9.17) is 9.47 Å². The van der Waals surface area contributed by atoms with Gasteiger partial charge in [0.1, 0.15) is 23.3 Å². The Kier molecular flexibility index (Phi) is 5.48. The first kappa shape index (κ1) is 23.6. The topological polar surface area (TPSA) is 187 Å². The molecule has 0 aromatic heterocycles. The minimum atomic E-state index is -1.01. The van der Waals surface area contributed by atoms with Crippen LogP contribution in [0.15, 0.2) is 48.5 Å². The SMILES string of the molecule is N#Cc1c(OC(=O)c2ccc3c(c2)C(=O)OC3=O)ccc(OC(=O)c2ccc3c(c2)C(=O)OC3=O)c1C#N. The molecule has 0 bridgehead atoms. The Morgan fingerprint density at radius 1 is 0.579 bits per heavy atom. The molecule has 3 aromatic carbocycles. The Morgan fingerprint density at radius 3 is 1.32 bits per heavy atom. The highest BCUT2D eigenvalue weighted by molar-refractivity contribution is 6.16. The van der Waals surface area contributed by atoms with Gasteiger partial charge in [-0.25, -0.2) is 28.8 Å². The number of fused-ring (bicyclic) bond motifs is 2. The van der Waals surface area contributed by atoms with Gasteiger partial charge in [-0.1, -0.05) is 0 Å². The molecule has 12 heteroatoms. The summed E-state index contributed by atoms with van der Waals surface area (Å²) in [4.78, 5) is 72.0. The monoisotopic (exact) mass is 508 g/mol. The third kappa shape index (κ3) is 3.80. The molecule has 5 rings (SSSR count). The zero-order chi connectivity index (χ0) is 27.1. The molecular formula is C26H8N2O10. The Labute approximate surface area is 211 Å². The molecule has 0 atom stereocenters. The van der Waals surface area contributed by atoms with E-state index in [9.17, 15) is 39.3 Å². The molecule has 0 unspecified atom stereocenters. The maximum Gasteiger partial charge on any atom is 0.346 e. The second-order valence-electron chi connectivity index (χ2n) is 7.69. The quantitative estimate of drug-likeness (QED) is 0.285. The van der Waals surface area contributed by atoms with Gasteiger partial charge in [-0.3, -0.25) is 0 Å². The highest BCUT2D eigenvalue weighted by atomic mass is 16.6. The molecule has 38 heavy (non-hydrogen) atoms. The Morgan fingerprint density at radius 2 is 0.947 bits per heavy atom. The lowest BCUT2D eigenvalue weighted by Crippen LogP contribution is -2.13. The average molecular weight is 508 g/mol. The predicted octanol–water partition coefficient (Wildman–Crippen LogP) is 2.49. The van der Waals surface area contributed by atoms with Crippen molar-refractivity contribution in [1.29, 1.82) is 10.5 Å². The van der Waals surface area contributed by atoms with Crippen molar-refractivity contribution in [2.45, 2.75) is 0 Å². The van der Waals surface area contributed by atoms with Crippen molar-refractivity contribution in [3.05, 3.63) is 93.0 Å². The zero-order valence-corrected chi connectivity index (χ0v) is 18.6. The van der Waals surface area contributed by atoms with Crippen molar-refractivity contribution >= 4 is 35.8 Å². The molecule has 0 saturated carbocycles. The third-order valence-electron chi connectivity index (χ3n) is 5.52. The summed E-state index contributed by atoms with van der Waals surface area (Å²) in [5.74, 6) is -6.26. The van der Waals surface area contributed by atoms with Gasteiger partial charge in [0.05, 0.1) is 33.4 Å². The normalized spacial score (nSPS) is 13.0. The standard InChI is InChI=1S/C26H8N2O10/c27-9-17-18(10-28)20(36-22(30)12-2-4-14-16(8-12)26(34)38-24(14)32)6-5-19(17)35-21(29)11-1-3-13-15(7-11)25(33)37-23(13)31/h1-8H. The smallest absolute Gasteiger partial charge is 0.346 e. The second-order valence-corrected chi connectivity index (χ2v) is 7.69. The fraction of sp³-hybridized carbons (Fsp3) is 0. The van der Waals surface area contributed by atoms with Crippen molar-refractivity contribution in [3.63, 3.8) is 0 Å². The summed E-state index contributed by atoms with van der Waals surface area (Å²) in [6.07, 6.45) is 0. The molecule has 0 aliphatic carbocycles. The minimum Gasteiger partial charge on any atom is -0.421 e. The number of cyclic esters (lactones) is 4. The van der Waals surface area contributed by atoms with Crippen LogP contribution in [0.2, 0.25) is 0 Å². The summed E-state index contributed by atoms with van der Waals surface area (Å²) in [7, 11) is 0. The first-order valence-electron chi connectivity index (χ1n) is 10.4. The van der Waals surface area contributed by atoms with Crippen molar-refractivity contribution < 1.29 is 47.7 Å². The highest BCUT2D eigenvalue weighted by Gasteiger charge is 2.32. The summed E-state index contributed by atoms with van der Waals surface area (Å²) < 4.78 is 19.4. The first-order valence-corrected chi connectivity index (χ1v) is 10.4. The van der Waals surface area contributed by atoms with E-state index in [-0.39, 0.29) is 44.9 Å². The van der Waals surface area contributed by atoms with E-state index in [1.54, 1.807) is 12.1 Å². The van der Waals surface area contributed by atoms with Gasteiger partial charge in [-0.15, -0.1) is 0 Å². The third-order valence-corrected chi connectivity index (χ3v) is 5.52. The zero-order valence-electron chi connectivity index (χ0n) is 18.6. The lowest BCUT2D eigenvalue weighted by molar-refractivity contribution is 0.0425. The molecule has 2 heterocycles. The van der Waals surface area contributed by atoms with Crippen molar-refractivity contribution in [3.8, 4) is 23.6 Å². The van der Waals surface area contributed by atoms with Crippen LogP contribution >= 0.6 is 0 Å². The maximum absolute atomic E-state index is 12.7. The number of nitrogens with zero attached hydrogens (tertiary/aromatic N) is 2. The summed E-state index contributed by atoms with van der Waals surface area (Å²) in [5, 5.41) is 19.3. The van der Waals surface area contributed by atoms with Gasteiger partial charge in [0.15, 0.2) is 11.5 Å². The summed E-state index contributed by atoms with van der Waals surface area (Å²) >= 11 is 0. The van der Waals surface area contributed by atoms with Gasteiger partial charge in [0, 0.05) is 0 Å². The summed E-state index contributed by atoms with van der Waals surface area (Å²) in [6.45, 7) is 0. The highest BCUT2D eigenvalue weighted by Crippen LogP contribution is 2.31. The van der Waals surface area contributed by atoms with Crippen molar-refractivity contribution in [2.24, 2.45) is 0 Å². The molecule has 0 spiro atoms. The molecule has 0 N–H and O–H groups in total. The number of nitriles is 2. The van der Waals surface area contributed by atoms with Gasteiger partial charge < -0.3 is 18.9 Å². The van der Waals surface area contributed by atoms with Gasteiger partial charge in [0.2, 0.25) is 0 Å². The molecule has 0 fully saturated rings. The van der Waals surface area contributed by atoms with E-state index >= 15 is 0 Å². The fourth-order valence-corrected chi connectivity index (χ4v) is 3.70. The van der Waals surface area contributed by atoms with Crippen LogP contribution in [-0.4, -0.2) is 35.8 Å². The van der Waals surface area contributed by atoms with Crippen molar-refractivity contribution in [1.82, 2.24) is 0 Å². The Bertz CT molecular complexity index is 1630. The van der Waals surface area contributed by atoms with E-state index in [1.165, 1.54) is 24.3 Å². The Hall–Kier alpha value is -6.14. The minimum absolute atomic E-state index is 0.0194. The first-order chi connectivity index (χ1) is 18.2. The molecular weight excluding hydrogens is 500 g/mol. The van der Waals surface area contributed by atoms with Crippen LogP contribution < -0.4 is 9.47 Å². The number of rotatable bonds is 4. The van der Waals surface area contributed by atoms with Crippen LogP contribution in [-0.2, 0) is 9.47 Å². The van der Waals surface area contributed by atoms with E-state index in [2.05, 4.69) is 9.47 Å². The number of hydrogen-bond acceptors (Lipinski definition) is 12. The summed E-state index contributed by atoms with van der Waals surface area (Å²) in [6, 6.07) is 12.7. The van der Waals surface area contributed by atoms with E-state index in [0.717, 1.165) is 24.3 Å². The molecule has 12 nitrogen and oxygen atoms in total. The average Bonchev–Trinajstić information content (AvgIpc) is 3.36. The van der Waals surface area contributed by atoms with E-state index < -0.39 is 46.9 Å². The van der Waals surface area contributed by atoms with Crippen LogP contribution in [0.4, 0.5) is 0 Å². The Balaban J connectivity index is 1.41. The molecule has 3 aromatic rings. The van der Waals surface area contributed by atoms with E-state index in [1.807, 2.05) is 0 Å². The van der Waals surface area contributed by atoms with Crippen LogP contribution in [0.3, 0.4) is 0 Å². The lowest BCUT2D eigenvalue weighted by atomic mass is 10.0. The second kappa shape index (κ2) is 8.82. The van der Waals surface area contributed by atoms with Crippen molar-refractivity contribution in [2.75, 3.05) is 0 Å². The number of carbonyl (C=O) groups is 6. The molecule has 0 saturated heterocycles. The van der Waals surface area contributed by atoms with Crippen LogP contribution in [0.25, 0.3) is 0 Å². The summed E-state index contributed by atoms with van der Waals surface area (Å²) in [5.41, 5.74) is -1.43. The maximum atomic E-state index is 12.7. The van der Waals surface area contributed by atoms with Gasteiger partial charge in [-0.05, 0) is 48.5 Å². The van der Waals surface area contributed by atoms with E-state index in [0.29, 0.717) is 0 Å². The molecule has 0 radical (unpaired) electrons. The van der Waals surface area contributed by atoms with Crippen LogP contribution in [0, 0.1) is 22.7 Å². The largest absolute Gasteiger partial charge is 0.421 e. The lowest BCUT2D eigenvalue weighted by Gasteiger charge is -2.11. The van der Waals surface area contributed by atoms with Gasteiger partial charge in [0.25, 0.3) is 0 Å².